The molecule has 0 aliphatic carbocycles. The van der Waals surface area contributed by atoms with E-state index in [4.69, 9.17) is 0 Å². The Morgan fingerprint density at radius 2 is 0.571 bits per heavy atom. The molecule has 0 aliphatic heterocycles. The van der Waals surface area contributed by atoms with E-state index >= 15 is 0 Å². The Bertz CT molecular complexity index is 6.90. The molecule has 0 heterocycles. The van der Waals surface area contributed by atoms with Gasteiger partial charge < -0.3 is 13.8 Å². The Labute approximate surface area is 123 Å². The molecule has 0 amide bonds. The van der Waals surface area contributed by atoms with E-state index in [1.165, 1.54) is 0 Å². The Balaban J connectivity index is -0.00000000267. The van der Waals surface area contributed by atoms with Gasteiger partial charge in [-0.05, 0) is 0 Å². The Kier molecular flexibility index (Phi) is 266. The Morgan fingerprint density at radius 3 is 0.571 bits per heavy atom. The first-order chi connectivity index (χ1) is 2.00. The third-order valence-corrected chi connectivity index (χ3v) is 0. The fraction of sp³-hybridized carbons (Fsp3) is 0.500. The van der Waals surface area contributed by atoms with Gasteiger partial charge in [-0.25, -0.2) is 0 Å². The van der Waals surface area contributed by atoms with Crippen molar-refractivity contribution < 1.29 is 98.1 Å². The second kappa shape index (κ2) is 58.7. The van der Waals surface area contributed by atoms with Gasteiger partial charge in [-0.1, -0.05) is 0 Å². The Hall–Kier alpha value is 3.31. The van der Waals surface area contributed by atoms with Gasteiger partial charge in [0.05, 0.1) is 0 Å². The molecule has 37 valence electrons. The minimum atomic E-state index is 0. The summed E-state index contributed by atoms with van der Waals surface area (Å²) < 4.78 is 0. The summed E-state index contributed by atoms with van der Waals surface area (Å²) in [5.74, 6) is 0. The van der Waals surface area contributed by atoms with Crippen molar-refractivity contribution in [2.75, 3.05) is 0 Å². The zero-order valence-electron chi connectivity index (χ0n) is 5.15. The molecule has 0 bridgehead atoms. The van der Waals surface area contributed by atoms with Crippen LogP contribution in [0.25, 0.3) is 0 Å². The molecule has 0 aromatic heterocycles. The number of hydrogen-bond donors (Lipinski definition) is 0. The second-order valence-corrected chi connectivity index (χ2v) is 0. The maximum absolute atomic E-state index is 3.25. The molecule has 0 rings (SSSR count). The molecule has 3 radical (unpaired) electrons. The summed E-state index contributed by atoms with van der Waals surface area (Å²) in [4.78, 5) is 0. The van der Waals surface area contributed by atoms with Crippen LogP contribution in [0.1, 0.15) is 13.8 Å². The van der Waals surface area contributed by atoms with Crippen molar-refractivity contribution in [2.24, 2.45) is 0 Å². The molecule has 7 heavy (non-hydrogen) atoms. The van der Waals surface area contributed by atoms with Crippen molar-refractivity contribution in [1.82, 2.24) is 0 Å². The van der Waals surface area contributed by atoms with Crippen molar-refractivity contribution in [3.8, 4) is 0 Å². The number of hydrogen-bond acceptors (Lipinski definition) is 0. The van der Waals surface area contributed by atoms with Gasteiger partial charge in [-0.2, -0.15) is 13.8 Å². The predicted octanol–water partition coefficient (Wildman–Crippen LogP) is 1.67. The van der Waals surface area contributed by atoms with Gasteiger partial charge in [0.2, 0.25) is 0 Å². The molecule has 0 saturated carbocycles. The van der Waals surface area contributed by atoms with Gasteiger partial charge in [-0.15, -0.1) is 0 Å². The molecule has 0 aromatic rings. The molecule has 0 unspecified atom stereocenters. The van der Waals surface area contributed by atoms with Gasteiger partial charge in [-0.3, -0.25) is 0 Å². The van der Waals surface area contributed by atoms with Crippen molar-refractivity contribution in [1.29, 1.82) is 0 Å². The van der Waals surface area contributed by atoms with Gasteiger partial charge in [0.25, 0.3) is 0 Å². The molecular formula is C4H10Y3-2. The monoisotopic (exact) mass is 325 g/mol. The summed E-state index contributed by atoms with van der Waals surface area (Å²) >= 11 is 0. The van der Waals surface area contributed by atoms with Crippen LogP contribution in [0.4, 0.5) is 0 Å². The van der Waals surface area contributed by atoms with Crippen LogP contribution >= 0.6 is 0 Å². The summed E-state index contributed by atoms with van der Waals surface area (Å²) in [5.41, 5.74) is 0. The maximum atomic E-state index is 3.25. The minimum Gasteiger partial charge on any atom is -0.346 e. The average Bonchev–Trinajstić information content (AvgIpc) is 1.50. The molecular weight excluding hydrogens is 315 g/mol. The van der Waals surface area contributed by atoms with Gasteiger partial charge in [0.15, 0.2) is 0 Å². The van der Waals surface area contributed by atoms with Crippen LogP contribution < -0.4 is 0 Å². The zero-order chi connectivity index (χ0) is 4.00. The fourth-order valence-corrected chi connectivity index (χ4v) is 0. The van der Waals surface area contributed by atoms with Crippen molar-refractivity contribution >= 4 is 0 Å². The average molecular weight is 325 g/mol. The summed E-state index contributed by atoms with van der Waals surface area (Å²) in [5, 5.41) is 0. The molecule has 0 nitrogen and oxygen atoms in total. The standard InChI is InChI=1S/2C2H5.3Y/c2*1-2;;;/h2*1H2,2H3;;;/q2*-1;;;. The topological polar surface area (TPSA) is 0 Å². The first-order valence-electron chi connectivity index (χ1n) is 1.41. The first-order valence-corrected chi connectivity index (χ1v) is 1.41. The number of rotatable bonds is 0. The SMILES string of the molecule is [CH2-]C.[CH2-]C.[Y].[Y].[Y]. The molecule has 0 N–H and O–H groups in total. The molecule has 0 atom stereocenters. The molecule has 0 fully saturated rings. The van der Waals surface area contributed by atoms with Crippen molar-refractivity contribution in [2.45, 2.75) is 13.8 Å². The summed E-state index contributed by atoms with van der Waals surface area (Å²) in [6, 6.07) is 0. The molecule has 0 spiro atoms. The second-order valence-electron chi connectivity index (χ2n) is 0. The van der Waals surface area contributed by atoms with Crippen LogP contribution in [0.15, 0.2) is 0 Å². The quantitative estimate of drug-likeness (QED) is 0.595. The Morgan fingerprint density at radius 1 is 0.571 bits per heavy atom. The minimum absolute atomic E-state index is 0. The van der Waals surface area contributed by atoms with Crippen LogP contribution in [-0.2, 0) is 98.1 Å². The van der Waals surface area contributed by atoms with E-state index in [0.29, 0.717) is 0 Å². The van der Waals surface area contributed by atoms with E-state index in [0.717, 1.165) is 0 Å². The van der Waals surface area contributed by atoms with Crippen LogP contribution in [0.3, 0.4) is 0 Å². The van der Waals surface area contributed by atoms with E-state index in [-0.39, 0.29) is 98.1 Å². The van der Waals surface area contributed by atoms with Crippen LogP contribution in [-0.4, -0.2) is 0 Å². The smallest absolute Gasteiger partial charge is 0 e. The largest absolute Gasteiger partial charge is 0.346 e. The third kappa shape index (κ3) is 45.4. The molecule has 0 saturated heterocycles. The first kappa shape index (κ1) is 31.7. The van der Waals surface area contributed by atoms with Crippen LogP contribution in [0, 0.1) is 13.8 Å². The van der Waals surface area contributed by atoms with Crippen molar-refractivity contribution in [3.05, 3.63) is 13.8 Å². The van der Waals surface area contributed by atoms with Crippen LogP contribution in [0.5, 0.6) is 0 Å². The van der Waals surface area contributed by atoms with Gasteiger partial charge >= 0.3 is 0 Å². The zero-order valence-corrected chi connectivity index (χ0v) is 13.7. The summed E-state index contributed by atoms with van der Waals surface area (Å²) in [6.45, 7) is 10.0. The van der Waals surface area contributed by atoms with Gasteiger partial charge in [0, 0.05) is 98.1 Å². The normalized spacial score (nSPS) is 1.71. The summed E-state index contributed by atoms with van der Waals surface area (Å²) in [7, 11) is 0. The van der Waals surface area contributed by atoms with Crippen LogP contribution in [0.2, 0.25) is 0 Å². The molecule has 3 heteroatoms. The van der Waals surface area contributed by atoms with Gasteiger partial charge in [0.1, 0.15) is 0 Å². The summed E-state index contributed by atoms with van der Waals surface area (Å²) in [6.07, 6.45) is 0. The van der Waals surface area contributed by atoms with E-state index < -0.39 is 0 Å². The maximum Gasteiger partial charge on any atom is 0 e. The fourth-order valence-electron chi connectivity index (χ4n) is 0. The molecule has 0 aromatic carbocycles. The van der Waals surface area contributed by atoms with E-state index in [1.807, 2.05) is 0 Å². The van der Waals surface area contributed by atoms with E-state index in [2.05, 4.69) is 13.8 Å². The van der Waals surface area contributed by atoms with E-state index in [9.17, 15) is 0 Å². The van der Waals surface area contributed by atoms with E-state index in [1.54, 1.807) is 13.8 Å². The molecule has 0 aliphatic rings. The third-order valence-electron chi connectivity index (χ3n) is 0. The van der Waals surface area contributed by atoms with Crippen molar-refractivity contribution in [3.63, 3.8) is 0 Å². The predicted molar refractivity (Wildman–Crippen MR) is 22.1 cm³/mol.